The van der Waals surface area contributed by atoms with Gasteiger partial charge in [0.15, 0.2) is 5.84 Å². The van der Waals surface area contributed by atoms with E-state index in [0.29, 0.717) is 23.2 Å². The quantitative estimate of drug-likeness (QED) is 0.236. The maximum absolute atomic E-state index is 9.76. The van der Waals surface area contributed by atoms with Gasteiger partial charge in [-0.3, -0.25) is 0 Å². The molecule has 2 aromatic rings. The number of para-hydroxylation sites is 1. The number of hydrogen-bond acceptors (Lipinski definition) is 5. The largest absolute Gasteiger partial charge is 0.437 e. The predicted molar refractivity (Wildman–Crippen MR) is 105 cm³/mol. The topological polar surface area (TPSA) is 58.0 Å². The summed E-state index contributed by atoms with van der Waals surface area (Å²) in [6.07, 6.45) is 7.19. The Morgan fingerprint density at radius 1 is 1.31 bits per heavy atom. The van der Waals surface area contributed by atoms with Crippen LogP contribution in [0.25, 0.3) is 0 Å². The third-order valence-electron chi connectivity index (χ3n) is 4.35. The predicted octanol–water partition coefficient (Wildman–Crippen LogP) is 4.85. The SMILES string of the molecule is CCCN(CC1CC1)/C(=N\O)c1cccnc1Oc1ccccc1SC. The summed E-state index contributed by atoms with van der Waals surface area (Å²) in [4.78, 5) is 7.58. The summed E-state index contributed by atoms with van der Waals surface area (Å²) in [6.45, 7) is 3.87. The van der Waals surface area contributed by atoms with E-state index in [9.17, 15) is 5.21 Å². The molecule has 1 N–H and O–H groups in total. The third-order valence-corrected chi connectivity index (χ3v) is 5.13. The lowest BCUT2D eigenvalue weighted by molar-refractivity contribution is 0.296. The Bertz CT molecular complexity index is 762. The Kier molecular flexibility index (Phi) is 6.39. The highest BCUT2D eigenvalue weighted by molar-refractivity contribution is 7.98. The van der Waals surface area contributed by atoms with Gasteiger partial charge in [0.2, 0.25) is 5.88 Å². The van der Waals surface area contributed by atoms with E-state index in [1.807, 2.05) is 42.7 Å². The zero-order valence-corrected chi connectivity index (χ0v) is 16.1. The molecule has 1 aromatic heterocycles. The fourth-order valence-corrected chi connectivity index (χ4v) is 3.43. The number of amidine groups is 1. The van der Waals surface area contributed by atoms with Crippen molar-refractivity contribution in [2.45, 2.75) is 31.1 Å². The van der Waals surface area contributed by atoms with Crippen molar-refractivity contribution in [3.05, 3.63) is 48.2 Å². The summed E-state index contributed by atoms with van der Waals surface area (Å²) in [5, 5.41) is 13.4. The smallest absolute Gasteiger partial charge is 0.230 e. The summed E-state index contributed by atoms with van der Waals surface area (Å²) in [5.74, 6) is 2.43. The number of pyridine rings is 1. The fourth-order valence-electron chi connectivity index (χ4n) is 2.90. The van der Waals surface area contributed by atoms with Crippen LogP contribution in [-0.4, -0.2) is 40.3 Å². The van der Waals surface area contributed by atoms with Gasteiger partial charge in [0.05, 0.1) is 5.56 Å². The number of thioether (sulfide) groups is 1. The Morgan fingerprint density at radius 3 is 2.81 bits per heavy atom. The number of hydrogen-bond donors (Lipinski definition) is 1. The van der Waals surface area contributed by atoms with E-state index >= 15 is 0 Å². The summed E-state index contributed by atoms with van der Waals surface area (Å²) in [7, 11) is 0. The van der Waals surface area contributed by atoms with Crippen molar-refractivity contribution in [3.8, 4) is 11.6 Å². The van der Waals surface area contributed by atoms with Crippen LogP contribution in [-0.2, 0) is 0 Å². The van der Waals surface area contributed by atoms with Crippen molar-refractivity contribution in [1.82, 2.24) is 9.88 Å². The maximum Gasteiger partial charge on any atom is 0.230 e. The van der Waals surface area contributed by atoms with E-state index in [2.05, 4.69) is 22.0 Å². The van der Waals surface area contributed by atoms with Crippen molar-refractivity contribution >= 4 is 17.6 Å². The third kappa shape index (κ3) is 4.49. The molecule has 0 spiro atoms. The lowest BCUT2D eigenvalue weighted by Gasteiger charge is -2.25. The van der Waals surface area contributed by atoms with E-state index in [0.717, 1.165) is 30.2 Å². The van der Waals surface area contributed by atoms with E-state index in [1.54, 1.807) is 18.0 Å². The molecule has 0 atom stereocenters. The molecule has 1 aliphatic carbocycles. The van der Waals surface area contributed by atoms with Gasteiger partial charge in [-0.1, -0.05) is 24.2 Å². The van der Waals surface area contributed by atoms with Crippen molar-refractivity contribution in [1.29, 1.82) is 0 Å². The molecule has 1 aromatic carbocycles. The molecule has 26 heavy (non-hydrogen) atoms. The molecule has 6 heteroatoms. The molecule has 1 heterocycles. The number of oxime groups is 1. The number of nitrogens with zero attached hydrogens (tertiary/aromatic N) is 3. The van der Waals surface area contributed by atoms with Gasteiger partial charge in [0.25, 0.3) is 0 Å². The molecule has 1 saturated carbocycles. The van der Waals surface area contributed by atoms with Gasteiger partial charge in [-0.15, -0.1) is 11.8 Å². The van der Waals surface area contributed by atoms with Crippen LogP contribution >= 0.6 is 11.8 Å². The van der Waals surface area contributed by atoms with Crippen molar-refractivity contribution < 1.29 is 9.94 Å². The lowest BCUT2D eigenvalue weighted by Crippen LogP contribution is -2.34. The molecular weight excluding hydrogens is 346 g/mol. The number of aromatic nitrogens is 1. The molecule has 0 radical (unpaired) electrons. The maximum atomic E-state index is 9.76. The Labute approximate surface area is 159 Å². The molecule has 138 valence electrons. The number of ether oxygens (including phenoxy) is 1. The molecular formula is C20H25N3O2S. The first kappa shape index (κ1) is 18.6. The van der Waals surface area contributed by atoms with Crippen LogP contribution in [0.2, 0.25) is 0 Å². The standard InChI is InChI=1S/C20H25N3O2S/c1-3-13-23(14-15-10-11-15)19(22-24)16-7-6-12-21-20(16)25-17-8-4-5-9-18(17)26-2/h4-9,12,15,24H,3,10-11,13-14H2,1-2H3/b22-19-. The molecule has 0 saturated heterocycles. The Hall–Kier alpha value is -2.21. The van der Waals surface area contributed by atoms with E-state index < -0.39 is 0 Å². The minimum atomic E-state index is 0.457. The minimum absolute atomic E-state index is 0.457. The van der Waals surface area contributed by atoms with Crippen molar-refractivity contribution in [2.24, 2.45) is 11.1 Å². The van der Waals surface area contributed by atoms with Crippen molar-refractivity contribution in [3.63, 3.8) is 0 Å². The molecule has 0 bridgehead atoms. The number of benzene rings is 1. The molecule has 1 fully saturated rings. The van der Waals surface area contributed by atoms with Gasteiger partial charge >= 0.3 is 0 Å². The molecule has 3 rings (SSSR count). The molecule has 0 amide bonds. The van der Waals surface area contributed by atoms with Gasteiger partial charge in [-0.05, 0) is 55.7 Å². The van der Waals surface area contributed by atoms with Crippen LogP contribution in [0, 0.1) is 5.92 Å². The van der Waals surface area contributed by atoms with Crippen LogP contribution in [0.4, 0.5) is 0 Å². The van der Waals surface area contributed by atoms with Gasteiger partial charge in [0, 0.05) is 24.2 Å². The normalized spacial score (nSPS) is 14.3. The zero-order valence-electron chi connectivity index (χ0n) is 15.3. The highest BCUT2D eigenvalue weighted by Gasteiger charge is 2.28. The van der Waals surface area contributed by atoms with E-state index in [-0.39, 0.29) is 0 Å². The summed E-state index contributed by atoms with van der Waals surface area (Å²) in [5.41, 5.74) is 0.708. The Balaban J connectivity index is 1.91. The average molecular weight is 372 g/mol. The first-order valence-corrected chi connectivity index (χ1v) is 10.2. The van der Waals surface area contributed by atoms with Crippen LogP contribution in [0.1, 0.15) is 31.7 Å². The molecule has 5 nitrogen and oxygen atoms in total. The van der Waals surface area contributed by atoms with Crippen LogP contribution in [0.3, 0.4) is 0 Å². The number of rotatable bonds is 8. The minimum Gasteiger partial charge on any atom is -0.437 e. The average Bonchev–Trinajstić information content (AvgIpc) is 3.48. The van der Waals surface area contributed by atoms with E-state index in [4.69, 9.17) is 4.74 Å². The van der Waals surface area contributed by atoms with Crippen LogP contribution in [0.15, 0.2) is 52.6 Å². The summed E-state index contributed by atoms with van der Waals surface area (Å²) >= 11 is 1.62. The monoisotopic (exact) mass is 371 g/mol. The second kappa shape index (κ2) is 8.94. The zero-order chi connectivity index (χ0) is 18.4. The highest BCUT2D eigenvalue weighted by Crippen LogP contribution is 2.33. The Morgan fingerprint density at radius 2 is 2.12 bits per heavy atom. The van der Waals surface area contributed by atoms with E-state index in [1.165, 1.54) is 12.8 Å². The lowest BCUT2D eigenvalue weighted by atomic mass is 10.2. The summed E-state index contributed by atoms with van der Waals surface area (Å²) < 4.78 is 6.11. The first-order valence-electron chi connectivity index (χ1n) is 9.00. The van der Waals surface area contributed by atoms with Crippen molar-refractivity contribution in [2.75, 3.05) is 19.3 Å². The highest BCUT2D eigenvalue weighted by atomic mass is 32.2. The summed E-state index contributed by atoms with van der Waals surface area (Å²) in [6, 6.07) is 11.6. The molecule has 0 aliphatic heterocycles. The second-order valence-corrected chi connectivity index (χ2v) is 7.27. The van der Waals surface area contributed by atoms with Crippen LogP contribution in [0.5, 0.6) is 11.6 Å². The van der Waals surface area contributed by atoms with Gasteiger partial charge in [-0.2, -0.15) is 0 Å². The first-order chi connectivity index (χ1) is 12.8. The fraction of sp³-hybridized carbons (Fsp3) is 0.400. The molecule has 0 unspecified atom stereocenters. The van der Waals surface area contributed by atoms with Crippen LogP contribution < -0.4 is 4.74 Å². The van der Waals surface area contributed by atoms with Gasteiger partial charge < -0.3 is 14.8 Å². The molecule has 1 aliphatic rings. The van der Waals surface area contributed by atoms with Gasteiger partial charge in [-0.25, -0.2) is 4.98 Å². The second-order valence-electron chi connectivity index (χ2n) is 6.42. The van der Waals surface area contributed by atoms with Gasteiger partial charge in [0.1, 0.15) is 5.75 Å².